The Labute approximate surface area is 81.0 Å². The lowest BCUT2D eigenvalue weighted by atomic mass is 9.87. The number of carbonyl (C=O) groups excluding carboxylic acids is 1. The van der Waals surface area contributed by atoms with Crippen molar-refractivity contribution < 1.29 is 9.53 Å². The predicted molar refractivity (Wildman–Crippen MR) is 54.5 cm³/mol. The van der Waals surface area contributed by atoms with Crippen LogP contribution in [0.25, 0.3) is 0 Å². The third kappa shape index (κ3) is 5.45. The highest BCUT2D eigenvalue weighted by molar-refractivity contribution is 5.71. The van der Waals surface area contributed by atoms with E-state index >= 15 is 0 Å². The average Bonchev–Trinajstić information content (AvgIpc) is 1.99. The molecule has 0 atom stereocenters. The lowest BCUT2D eigenvalue weighted by Gasteiger charge is -2.19. The van der Waals surface area contributed by atoms with Crippen LogP contribution in [0.5, 0.6) is 0 Å². The highest BCUT2D eigenvalue weighted by Gasteiger charge is 2.12. The molecule has 0 saturated heterocycles. The molecule has 0 heterocycles. The lowest BCUT2D eigenvalue weighted by Crippen LogP contribution is -2.08. The number of hydrogen-bond acceptors (Lipinski definition) is 2. The van der Waals surface area contributed by atoms with Crippen molar-refractivity contribution in [1.82, 2.24) is 0 Å². The summed E-state index contributed by atoms with van der Waals surface area (Å²) in [7, 11) is 0. The molecule has 0 aliphatic rings. The van der Waals surface area contributed by atoms with E-state index in [1.165, 1.54) is 5.57 Å². The summed E-state index contributed by atoms with van der Waals surface area (Å²) in [5.41, 5.74) is 1.37. The van der Waals surface area contributed by atoms with Crippen LogP contribution in [-0.4, -0.2) is 12.6 Å². The molecule has 0 aromatic heterocycles. The molecule has 0 radical (unpaired) electrons. The zero-order valence-corrected chi connectivity index (χ0v) is 9.31. The van der Waals surface area contributed by atoms with Gasteiger partial charge in [0.15, 0.2) is 0 Å². The molecule has 0 N–H and O–H groups in total. The smallest absolute Gasteiger partial charge is 0.309 e. The Morgan fingerprint density at radius 1 is 1.38 bits per heavy atom. The normalized spacial score (nSPS) is 12.8. The monoisotopic (exact) mass is 184 g/mol. The number of carbonyl (C=O) groups is 1. The first-order chi connectivity index (χ1) is 5.88. The van der Waals surface area contributed by atoms with Gasteiger partial charge in [-0.2, -0.15) is 0 Å². The molecule has 13 heavy (non-hydrogen) atoms. The maximum atomic E-state index is 11.0. The van der Waals surface area contributed by atoms with Crippen molar-refractivity contribution in [1.29, 1.82) is 0 Å². The third-order valence-corrected chi connectivity index (χ3v) is 2.06. The Bertz CT molecular complexity index is 197. The van der Waals surface area contributed by atoms with Gasteiger partial charge in [-0.1, -0.05) is 32.4 Å². The van der Waals surface area contributed by atoms with E-state index < -0.39 is 0 Å². The standard InChI is InChI=1S/C11H20O2/c1-6-13-10(12)8-7-9(2)11(3,4)5/h7H,6,8H2,1-5H3/b9-7+. The van der Waals surface area contributed by atoms with Gasteiger partial charge in [0.05, 0.1) is 13.0 Å². The van der Waals surface area contributed by atoms with E-state index in [9.17, 15) is 4.79 Å². The Morgan fingerprint density at radius 3 is 2.31 bits per heavy atom. The molecule has 0 saturated carbocycles. The van der Waals surface area contributed by atoms with Crippen molar-refractivity contribution in [2.45, 2.75) is 41.0 Å². The van der Waals surface area contributed by atoms with Crippen LogP contribution in [-0.2, 0) is 9.53 Å². The van der Waals surface area contributed by atoms with Gasteiger partial charge in [-0.05, 0) is 19.3 Å². The molecular weight excluding hydrogens is 164 g/mol. The number of rotatable bonds is 3. The van der Waals surface area contributed by atoms with Crippen molar-refractivity contribution in [3.8, 4) is 0 Å². The maximum Gasteiger partial charge on any atom is 0.309 e. The molecule has 0 amide bonds. The molecule has 0 bridgehead atoms. The first-order valence-corrected chi connectivity index (χ1v) is 4.70. The summed E-state index contributed by atoms with van der Waals surface area (Å²) in [6, 6.07) is 0. The van der Waals surface area contributed by atoms with Crippen LogP contribution in [0.15, 0.2) is 11.6 Å². The minimum Gasteiger partial charge on any atom is -0.466 e. The molecule has 0 unspecified atom stereocenters. The van der Waals surface area contributed by atoms with Crippen LogP contribution in [0.4, 0.5) is 0 Å². The van der Waals surface area contributed by atoms with Crippen molar-refractivity contribution in [3.63, 3.8) is 0 Å². The van der Waals surface area contributed by atoms with Crippen LogP contribution in [0, 0.1) is 5.41 Å². The van der Waals surface area contributed by atoms with Crippen LogP contribution >= 0.6 is 0 Å². The van der Waals surface area contributed by atoms with E-state index in [-0.39, 0.29) is 11.4 Å². The topological polar surface area (TPSA) is 26.3 Å². The Morgan fingerprint density at radius 2 is 1.92 bits per heavy atom. The number of esters is 1. The van der Waals surface area contributed by atoms with E-state index in [1.807, 2.05) is 19.9 Å². The second-order valence-corrected chi connectivity index (χ2v) is 4.15. The number of ether oxygens (including phenoxy) is 1. The molecule has 0 rings (SSSR count). The molecule has 0 aliphatic carbocycles. The van der Waals surface area contributed by atoms with E-state index in [4.69, 9.17) is 4.74 Å². The summed E-state index contributed by atoms with van der Waals surface area (Å²) in [6.07, 6.45) is 2.33. The average molecular weight is 184 g/mol. The van der Waals surface area contributed by atoms with E-state index in [0.29, 0.717) is 13.0 Å². The Balaban J connectivity index is 4.05. The van der Waals surface area contributed by atoms with Crippen molar-refractivity contribution in [2.75, 3.05) is 6.61 Å². The summed E-state index contributed by atoms with van der Waals surface area (Å²) in [4.78, 5) is 11.0. The van der Waals surface area contributed by atoms with Gasteiger partial charge in [-0.25, -0.2) is 0 Å². The highest BCUT2D eigenvalue weighted by Crippen LogP contribution is 2.24. The van der Waals surface area contributed by atoms with Gasteiger partial charge in [-0.15, -0.1) is 0 Å². The van der Waals surface area contributed by atoms with Crippen molar-refractivity contribution in [3.05, 3.63) is 11.6 Å². The van der Waals surface area contributed by atoms with Gasteiger partial charge in [0, 0.05) is 0 Å². The Hall–Kier alpha value is -0.790. The second kappa shape index (κ2) is 5.05. The van der Waals surface area contributed by atoms with E-state index in [2.05, 4.69) is 20.8 Å². The van der Waals surface area contributed by atoms with Crippen LogP contribution < -0.4 is 0 Å². The highest BCUT2D eigenvalue weighted by atomic mass is 16.5. The first-order valence-electron chi connectivity index (χ1n) is 4.70. The largest absolute Gasteiger partial charge is 0.466 e. The maximum absolute atomic E-state index is 11.0. The number of hydrogen-bond donors (Lipinski definition) is 0. The summed E-state index contributed by atoms with van der Waals surface area (Å²) in [6.45, 7) is 10.7. The molecule has 0 aromatic carbocycles. The quantitative estimate of drug-likeness (QED) is 0.498. The molecule has 2 heteroatoms. The third-order valence-electron chi connectivity index (χ3n) is 2.06. The minimum atomic E-state index is -0.147. The first kappa shape index (κ1) is 12.2. The fourth-order valence-corrected chi connectivity index (χ4v) is 0.763. The predicted octanol–water partition coefficient (Wildman–Crippen LogP) is 2.93. The van der Waals surface area contributed by atoms with Gasteiger partial charge in [0.2, 0.25) is 0 Å². The van der Waals surface area contributed by atoms with Crippen LogP contribution in [0.3, 0.4) is 0 Å². The zero-order chi connectivity index (χ0) is 10.5. The Kier molecular flexibility index (Phi) is 4.74. The van der Waals surface area contributed by atoms with Gasteiger partial charge < -0.3 is 4.74 Å². The summed E-state index contributed by atoms with van der Waals surface area (Å²) in [5, 5.41) is 0. The molecular formula is C11H20O2. The summed E-state index contributed by atoms with van der Waals surface area (Å²) < 4.78 is 4.82. The van der Waals surface area contributed by atoms with Crippen LogP contribution in [0.1, 0.15) is 41.0 Å². The zero-order valence-electron chi connectivity index (χ0n) is 9.31. The molecule has 2 nitrogen and oxygen atoms in total. The molecule has 0 fully saturated rings. The summed E-state index contributed by atoms with van der Waals surface area (Å²) >= 11 is 0. The van der Waals surface area contributed by atoms with Crippen molar-refractivity contribution >= 4 is 5.97 Å². The summed E-state index contributed by atoms with van der Waals surface area (Å²) in [5.74, 6) is -0.147. The second-order valence-electron chi connectivity index (χ2n) is 4.15. The fourth-order valence-electron chi connectivity index (χ4n) is 0.763. The molecule has 0 aliphatic heterocycles. The fraction of sp³-hybridized carbons (Fsp3) is 0.727. The van der Waals surface area contributed by atoms with E-state index in [0.717, 1.165) is 0 Å². The molecule has 76 valence electrons. The minimum absolute atomic E-state index is 0.145. The number of allylic oxidation sites excluding steroid dienone is 1. The van der Waals surface area contributed by atoms with Crippen LogP contribution in [0.2, 0.25) is 0 Å². The molecule has 0 spiro atoms. The SMILES string of the molecule is CCOC(=O)C/C=C(\C)C(C)(C)C. The molecule has 0 aromatic rings. The van der Waals surface area contributed by atoms with Gasteiger partial charge >= 0.3 is 5.97 Å². The van der Waals surface area contributed by atoms with Gasteiger partial charge in [-0.3, -0.25) is 4.79 Å². The van der Waals surface area contributed by atoms with Gasteiger partial charge in [0.1, 0.15) is 0 Å². The lowest BCUT2D eigenvalue weighted by molar-refractivity contribution is -0.142. The van der Waals surface area contributed by atoms with E-state index in [1.54, 1.807) is 0 Å². The van der Waals surface area contributed by atoms with Gasteiger partial charge in [0.25, 0.3) is 0 Å². The van der Waals surface area contributed by atoms with Crippen molar-refractivity contribution in [2.24, 2.45) is 5.41 Å².